The van der Waals surface area contributed by atoms with Gasteiger partial charge in [-0.2, -0.15) is 0 Å². The summed E-state index contributed by atoms with van der Waals surface area (Å²) < 4.78 is 11.1. The van der Waals surface area contributed by atoms with Crippen LogP contribution in [0.5, 0.6) is 5.75 Å². The molecule has 5 nitrogen and oxygen atoms in total. The van der Waals surface area contributed by atoms with Crippen molar-refractivity contribution in [3.8, 4) is 5.75 Å². The Kier molecular flexibility index (Phi) is 8.61. The van der Waals surface area contributed by atoms with Crippen molar-refractivity contribution in [2.45, 2.75) is 39.7 Å². The summed E-state index contributed by atoms with van der Waals surface area (Å²) in [5, 5.41) is 6.60. The third kappa shape index (κ3) is 8.20. The van der Waals surface area contributed by atoms with Crippen LogP contribution in [0.3, 0.4) is 0 Å². The zero-order valence-corrected chi connectivity index (χ0v) is 16.0. The minimum absolute atomic E-state index is 0.219. The molecule has 0 aliphatic heterocycles. The second-order valence-corrected chi connectivity index (χ2v) is 6.92. The lowest BCUT2D eigenvalue weighted by atomic mass is 10.1. The molecular weight excluding hydrogens is 302 g/mol. The minimum Gasteiger partial charge on any atom is -0.493 e. The van der Waals surface area contributed by atoms with Gasteiger partial charge in [0.25, 0.3) is 0 Å². The summed E-state index contributed by atoms with van der Waals surface area (Å²) >= 11 is 0. The number of benzene rings is 1. The molecule has 0 unspecified atom stereocenters. The van der Waals surface area contributed by atoms with Crippen LogP contribution in [0.1, 0.15) is 33.3 Å². The molecule has 2 N–H and O–H groups in total. The lowest BCUT2D eigenvalue weighted by Crippen LogP contribution is -2.45. The number of methoxy groups -OCH3 is 1. The van der Waals surface area contributed by atoms with E-state index in [4.69, 9.17) is 9.47 Å². The first-order valence-electron chi connectivity index (χ1n) is 8.57. The van der Waals surface area contributed by atoms with Crippen molar-refractivity contribution in [2.75, 3.05) is 33.9 Å². The van der Waals surface area contributed by atoms with Gasteiger partial charge in [0, 0.05) is 27.2 Å². The maximum Gasteiger partial charge on any atom is 0.191 e. The van der Waals surface area contributed by atoms with E-state index in [2.05, 4.69) is 41.6 Å². The Hall–Kier alpha value is -1.75. The number of rotatable bonds is 9. The largest absolute Gasteiger partial charge is 0.493 e. The number of hydrogen-bond donors (Lipinski definition) is 2. The molecule has 0 bridgehead atoms. The summed E-state index contributed by atoms with van der Waals surface area (Å²) in [5.74, 6) is 2.26. The van der Waals surface area contributed by atoms with Gasteiger partial charge in [-0.05, 0) is 43.9 Å². The Balaban J connectivity index is 2.35. The van der Waals surface area contributed by atoms with Crippen LogP contribution < -0.4 is 15.4 Å². The first-order valence-corrected chi connectivity index (χ1v) is 8.57. The van der Waals surface area contributed by atoms with E-state index in [9.17, 15) is 0 Å². The average Bonchev–Trinajstić information content (AvgIpc) is 2.57. The molecule has 0 aliphatic carbocycles. The molecule has 0 aromatic heterocycles. The van der Waals surface area contributed by atoms with Crippen LogP contribution in [0.2, 0.25) is 0 Å². The Morgan fingerprint density at radius 1 is 1.17 bits per heavy atom. The van der Waals surface area contributed by atoms with Crippen LogP contribution >= 0.6 is 0 Å². The fourth-order valence-electron chi connectivity index (χ4n) is 1.93. The molecule has 0 amide bonds. The Morgan fingerprint density at radius 3 is 2.38 bits per heavy atom. The molecule has 0 spiro atoms. The van der Waals surface area contributed by atoms with Crippen molar-refractivity contribution in [2.24, 2.45) is 10.9 Å². The molecule has 24 heavy (non-hydrogen) atoms. The van der Waals surface area contributed by atoms with Gasteiger partial charge in [0.15, 0.2) is 5.96 Å². The lowest BCUT2D eigenvalue weighted by Gasteiger charge is -2.24. The second-order valence-electron chi connectivity index (χ2n) is 6.92. The van der Waals surface area contributed by atoms with E-state index in [0.717, 1.165) is 31.3 Å². The first-order chi connectivity index (χ1) is 11.4. The van der Waals surface area contributed by atoms with Crippen LogP contribution in [0.4, 0.5) is 0 Å². The molecule has 0 fully saturated rings. The van der Waals surface area contributed by atoms with Crippen molar-refractivity contribution in [1.29, 1.82) is 0 Å². The highest BCUT2D eigenvalue weighted by Crippen LogP contribution is 2.13. The van der Waals surface area contributed by atoms with Crippen molar-refractivity contribution < 1.29 is 9.47 Å². The predicted octanol–water partition coefficient (Wildman–Crippen LogP) is 2.85. The van der Waals surface area contributed by atoms with E-state index >= 15 is 0 Å². The molecule has 0 saturated carbocycles. The molecule has 0 heterocycles. The third-order valence-corrected chi connectivity index (χ3v) is 3.67. The fraction of sp³-hybridized carbons (Fsp3) is 0.632. The van der Waals surface area contributed by atoms with Crippen molar-refractivity contribution in [3.63, 3.8) is 0 Å². The number of nitrogens with zero attached hydrogens (tertiary/aromatic N) is 1. The summed E-state index contributed by atoms with van der Waals surface area (Å²) in [6, 6.07) is 8.29. The van der Waals surface area contributed by atoms with Gasteiger partial charge in [-0.1, -0.05) is 26.0 Å². The van der Waals surface area contributed by atoms with Gasteiger partial charge in [-0.15, -0.1) is 0 Å². The Bertz CT molecular complexity index is 496. The Morgan fingerprint density at radius 2 is 1.83 bits per heavy atom. The molecule has 0 saturated heterocycles. The van der Waals surface area contributed by atoms with Gasteiger partial charge < -0.3 is 20.1 Å². The molecule has 0 radical (unpaired) electrons. The first kappa shape index (κ1) is 20.3. The minimum atomic E-state index is -0.219. The quantitative estimate of drug-likeness (QED) is 0.538. The molecule has 136 valence electrons. The fourth-order valence-corrected chi connectivity index (χ4v) is 1.93. The SMILES string of the molecule is CN=C(NCCc1ccc(OCC(C)C)cc1)NCC(C)(C)OC. The zero-order valence-electron chi connectivity index (χ0n) is 16.0. The van der Waals surface area contributed by atoms with E-state index in [0.29, 0.717) is 12.5 Å². The van der Waals surface area contributed by atoms with Crippen LogP contribution in [0, 0.1) is 5.92 Å². The monoisotopic (exact) mass is 335 g/mol. The summed E-state index contributed by atoms with van der Waals surface area (Å²) in [6.07, 6.45) is 0.929. The van der Waals surface area contributed by atoms with Gasteiger partial charge in [0.05, 0.1) is 12.2 Å². The van der Waals surface area contributed by atoms with Crippen LogP contribution in [-0.2, 0) is 11.2 Å². The highest BCUT2D eigenvalue weighted by molar-refractivity contribution is 5.79. The number of guanidine groups is 1. The molecule has 1 rings (SSSR count). The standard InChI is InChI=1S/C19H33N3O2/c1-15(2)13-24-17-9-7-16(8-10-17)11-12-21-18(20-5)22-14-19(3,4)23-6/h7-10,15H,11-14H2,1-6H3,(H2,20,21,22). The summed E-state index contributed by atoms with van der Waals surface area (Å²) in [6.45, 7) is 10.6. The van der Waals surface area contributed by atoms with Gasteiger partial charge in [0.1, 0.15) is 5.75 Å². The molecule has 0 atom stereocenters. The maximum absolute atomic E-state index is 5.70. The topological polar surface area (TPSA) is 54.9 Å². The van der Waals surface area contributed by atoms with Crippen molar-refractivity contribution in [3.05, 3.63) is 29.8 Å². The van der Waals surface area contributed by atoms with Gasteiger partial charge in [-0.25, -0.2) is 0 Å². The van der Waals surface area contributed by atoms with Crippen LogP contribution in [0.25, 0.3) is 0 Å². The maximum atomic E-state index is 5.70. The van der Waals surface area contributed by atoms with E-state index in [-0.39, 0.29) is 5.60 Å². The molecular formula is C19H33N3O2. The summed E-state index contributed by atoms with van der Waals surface area (Å²) in [5.41, 5.74) is 1.05. The van der Waals surface area contributed by atoms with Crippen molar-refractivity contribution in [1.82, 2.24) is 10.6 Å². The predicted molar refractivity (Wildman–Crippen MR) is 101 cm³/mol. The lowest BCUT2D eigenvalue weighted by molar-refractivity contribution is 0.0268. The normalized spacial score (nSPS) is 12.4. The van der Waals surface area contributed by atoms with Crippen LogP contribution in [0.15, 0.2) is 29.3 Å². The van der Waals surface area contributed by atoms with Crippen molar-refractivity contribution >= 4 is 5.96 Å². The molecule has 1 aromatic rings. The molecule has 5 heteroatoms. The second kappa shape index (κ2) is 10.2. The number of ether oxygens (including phenoxy) is 2. The highest BCUT2D eigenvalue weighted by atomic mass is 16.5. The zero-order chi connectivity index (χ0) is 18.0. The van der Waals surface area contributed by atoms with E-state index < -0.39 is 0 Å². The highest BCUT2D eigenvalue weighted by Gasteiger charge is 2.16. The van der Waals surface area contributed by atoms with E-state index in [1.54, 1.807) is 14.2 Å². The average molecular weight is 335 g/mol. The van der Waals surface area contributed by atoms with E-state index in [1.807, 2.05) is 26.0 Å². The number of nitrogens with one attached hydrogen (secondary N) is 2. The summed E-state index contributed by atoms with van der Waals surface area (Å²) in [7, 11) is 3.49. The van der Waals surface area contributed by atoms with Crippen LogP contribution in [-0.4, -0.2) is 45.4 Å². The van der Waals surface area contributed by atoms with Gasteiger partial charge in [0.2, 0.25) is 0 Å². The number of hydrogen-bond acceptors (Lipinski definition) is 3. The molecule has 0 aliphatic rings. The Labute approximate surface area is 146 Å². The number of aliphatic imine (C=N–C) groups is 1. The molecule has 1 aromatic carbocycles. The van der Waals surface area contributed by atoms with Gasteiger partial charge in [-0.3, -0.25) is 4.99 Å². The van der Waals surface area contributed by atoms with Gasteiger partial charge >= 0.3 is 0 Å². The summed E-state index contributed by atoms with van der Waals surface area (Å²) in [4.78, 5) is 4.23. The smallest absolute Gasteiger partial charge is 0.191 e. The van der Waals surface area contributed by atoms with E-state index in [1.165, 1.54) is 5.56 Å². The third-order valence-electron chi connectivity index (χ3n) is 3.67.